The van der Waals surface area contributed by atoms with Crippen LogP contribution in [0.1, 0.15) is 39.8 Å². The number of rotatable bonds is 3. The lowest BCUT2D eigenvalue weighted by atomic mass is 10.2. The molecule has 0 amide bonds. The normalized spacial score (nSPS) is 12.3. The van der Waals surface area contributed by atoms with Crippen LogP contribution in [0.25, 0.3) is 10.2 Å². The number of carbonyl (C=O) groups is 1. The summed E-state index contributed by atoms with van der Waals surface area (Å²) in [5.74, 6) is -0.285. The van der Waals surface area contributed by atoms with Crippen LogP contribution in [0.2, 0.25) is 0 Å². The Morgan fingerprint density at radius 1 is 1.39 bits per heavy atom. The van der Waals surface area contributed by atoms with Crippen LogP contribution in [0.3, 0.4) is 0 Å². The molecular formula is C15H14N4O3S. The standard InChI is InChI=1S/C15H14N4O3S/c1-7-9(3)23-14-11(7)13(20)18-12(19-14)8(2)22-15(21)10-4-5-16-6-17-10/h4-6,8H,1-3H3,(H,18,19,20). The first-order valence-electron chi connectivity index (χ1n) is 6.94. The Hall–Kier alpha value is -2.61. The monoisotopic (exact) mass is 330 g/mol. The SMILES string of the molecule is Cc1sc2nc(C(C)OC(=O)c3ccncn3)[nH]c(=O)c2c1C. The van der Waals surface area contributed by atoms with Crippen LogP contribution in [0.15, 0.2) is 23.4 Å². The van der Waals surface area contributed by atoms with Crippen LogP contribution in [0.4, 0.5) is 0 Å². The molecule has 3 rings (SSSR count). The number of aromatic amines is 1. The Morgan fingerprint density at radius 3 is 2.87 bits per heavy atom. The number of ether oxygens (including phenoxy) is 1. The largest absolute Gasteiger partial charge is 0.450 e. The quantitative estimate of drug-likeness (QED) is 0.740. The molecule has 0 aliphatic heterocycles. The molecule has 0 bridgehead atoms. The minimum absolute atomic E-state index is 0.151. The van der Waals surface area contributed by atoms with Gasteiger partial charge in [0.2, 0.25) is 0 Å². The van der Waals surface area contributed by atoms with Crippen molar-refractivity contribution in [1.29, 1.82) is 0 Å². The molecule has 3 heterocycles. The van der Waals surface area contributed by atoms with E-state index in [1.165, 1.54) is 29.9 Å². The molecule has 8 heteroatoms. The van der Waals surface area contributed by atoms with E-state index in [0.29, 0.717) is 16.0 Å². The van der Waals surface area contributed by atoms with E-state index in [1.807, 2.05) is 13.8 Å². The lowest BCUT2D eigenvalue weighted by Gasteiger charge is -2.12. The number of fused-ring (bicyclic) bond motifs is 1. The molecule has 0 radical (unpaired) electrons. The molecule has 0 saturated heterocycles. The van der Waals surface area contributed by atoms with Crippen molar-refractivity contribution in [3.8, 4) is 0 Å². The number of hydrogen-bond donors (Lipinski definition) is 1. The van der Waals surface area contributed by atoms with Gasteiger partial charge < -0.3 is 9.72 Å². The second kappa shape index (κ2) is 5.88. The first-order chi connectivity index (χ1) is 11.0. The van der Waals surface area contributed by atoms with E-state index in [-0.39, 0.29) is 11.3 Å². The van der Waals surface area contributed by atoms with Gasteiger partial charge in [0, 0.05) is 11.1 Å². The van der Waals surface area contributed by atoms with Crippen LogP contribution in [-0.4, -0.2) is 25.9 Å². The fourth-order valence-corrected chi connectivity index (χ4v) is 3.19. The average Bonchev–Trinajstić information content (AvgIpc) is 2.83. The molecule has 1 N–H and O–H groups in total. The van der Waals surface area contributed by atoms with E-state index in [4.69, 9.17) is 4.74 Å². The first-order valence-corrected chi connectivity index (χ1v) is 7.76. The Kier molecular flexibility index (Phi) is 3.91. The second-order valence-electron chi connectivity index (χ2n) is 5.06. The molecule has 23 heavy (non-hydrogen) atoms. The highest BCUT2D eigenvalue weighted by molar-refractivity contribution is 7.18. The zero-order valence-corrected chi connectivity index (χ0v) is 13.6. The molecule has 1 atom stereocenters. The number of thiophene rings is 1. The van der Waals surface area contributed by atoms with E-state index >= 15 is 0 Å². The van der Waals surface area contributed by atoms with E-state index in [1.54, 1.807) is 6.92 Å². The molecule has 0 aliphatic rings. The number of hydrogen-bond acceptors (Lipinski definition) is 7. The van der Waals surface area contributed by atoms with E-state index in [2.05, 4.69) is 19.9 Å². The predicted molar refractivity (Wildman–Crippen MR) is 85.6 cm³/mol. The summed E-state index contributed by atoms with van der Waals surface area (Å²) in [6.45, 7) is 5.49. The number of nitrogens with one attached hydrogen (secondary N) is 1. The van der Waals surface area contributed by atoms with Gasteiger partial charge in [-0.25, -0.2) is 19.7 Å². The van der Waals surface area contributed by atoms with Crippen LogP contribution >= 0.6 is 11.3 Å². The van der Waals surface area contributed by atoms with Crippen molar-refractivity contribution in [2.45, 2.75) is 26.9 Å². The number of esters is 1. The maximum atomic E-state index is 12.2. The summed E-state index contributed by atoms with van der Waals surface area (Å²) in [7, 11) is 0. The molecule has 0 fully saturated rings. The van der Waals surface area contributed by atoms with Gasteiger partial charge in [-0.15, -0.1) is 11.3 Å². The third-order valence-electron chi connectivity index (χ3n) is 3.52. The van der Waals surface area contributed by atoms with E-state index in [9.17, 15) is 9.59 Å². The van der Waals surface area contributed by atoms with Crippen molar-refractivity contribution in [3.05, 3.63) is 50.9 Å². The summed E-state index contributed by atoms with van der Waals surface area (Å²) >= 11 is 1.45. The molecule has 0 aliphatic carbocycles. The average molecular weight is 330 g/mol. The van der Waals surface area contributed by atoms with Crippen molar-refractivity contribution in [2.75, 3.05) is 0 Å². The molecule has 1 unspecified atom stereocenters. The number of nitrogens with zero attached hydrogens (tertiary/aromatic N) is 3. The third-order valence-corrected chi connectivity index (χ3v) is 4.62. The van der Waals surface area contributed by atoms with Crippen LogP contribution in [0, 0.1) is 13.8 Å². The highest BCUT2D eigenvalue weighted by Crippen LogP contribution is 2.27. The van der Waals surface area contributed by atoms with Gasteiger partial charge in [-0.3, -0.25) is 4.79 Å². The number of carbonyl (C=O) groups excluding carboxylic acids is 1. The smallest absolute Gasteiger partial charge is 0.357 e. The maximum Gasteiger partial charge on any atom is 0.357 e. The van der Waals surface area contributed by atoms with E-state index in [0.717, 1.165) is 10.4 Å². The minimum atomic E-state index is -0.697. The zero-order valence-electron chi connectivity index (χ0n) is 12.8. The summed E-state index contributed by atoms with van der Waals surface area (Å²) in [4.78, 5) is 40.6. The van der Waals surface area contributed by atoms with Gasteiger partial charge in [-0.05, 0) is 32.4 Å². The minimum Gasteiger partial charge on any atom is -0.450 e. The molecule has 7 nitrogen and oxygen atoms in total. The summed E-state index contributed by atoms with van der Waals surface area (Å²) in [6, 6.07) is 1.46. The molecule has 3 aromatic rings. The Morgan fingerprint density at radius 2 is 2.17 bits per heavy atom. The van der Waals surface area contributed by atoms with Gasteiger partial charge in [0.15, 0.2) is 17.6 Å². The van der Waals surface area contributed by atoms with Crippen molar-refractivity contribution in [3.63, 3.8) is 0 Å². The van der Waals surface area contributed by atoms with Crippen LogP contribution in [-0.2, 0) is 4.74 Å². The Balaban J connectivity index is 1.91. The highest BCUT2D eigenvalue weighted by Gasteiger charge is 2.19. The highest BCUT2D eigenvalue weighted by atomic mass is 32.1. The number of H-pyrrole nitrogens is 1. The van der Waals surface area contributed by atoms with Crippen LogP contribution < -0.4 is 5.56 Å². The van der Waals surface area contributed by atoms with Gasteiger partial charge >= 0.3 is 5.97 Å². The van der Waals surface area contributed by atoms with Gasteiger partial charge in [-0.2, -0.15) is 0 Å². The Labute approximate surface area is 135 Å². The number of aromatic nitrogens is 4. The molecule has 0 spiro atoms. The van der Waals surface area contributed by atoms with Gasteiger partial charge in [0.25, 0.3) is 5.56 Å². The topological polar surface area (TPSA) is 97.8 Å². The van der Waals surface area contributed by atoms with Gasteiger partial charge in [-0.1, -0.05) is 0 Å². The first kappa shape index (κ1) is 15.3. The third kappa shape index (κ3) is 2.85. The molecule has 118 valence electrons. The summed E-state index contributed by atoms with van der Waals surface area (Å²) in [5.41, 5.74) is 0.853. The van der Waals surface area contributed by atoms with Crippen molar-refractivity contribution >= 4 is 27.5 Å². The molecular weight excluding hydrogens is 316 g/mol. The zero-order chi connectivity index (χ0) is 16.6. The summed E-state index contributed by atoms with van der Waals surface area (Å²) in [6.07, 6.45) is 2.03. The molecule has 0 saturated carbocycles. The van der Waals surface area contributed by atoms with Crippen molar-refractivity contribution in [1.82, 2.24) is 19.9 Å². The van der Waals surface area contributed by atoms with Gasteiger partial charge in [0.1, 0.15) is 11.2 Å². The predicted octanol–water partition coefficient (Wildman–Crippen LogP) is 2.31. The molecule has 3 aromatic heterocycles. The van der Waals surface area contributed by atoms with Crippen LogP contribution in [0.5, 0.6) is 0 Å². The lowest BCUT2D eigenvalue weighted by Crippen LogP contribution is -2.17. The Bertz CT molecular complexity index is 933. The van der Waals surface area contributed by atoms with Crippen molar-refractivity contribution in [2.24, 2.45) is 0 Å². The summed E-state index contributed by atoms with van der Waals surface area (Å²) < 4.78 is 5.31. The lowest BCUT2D eigenvalue weighted by molar-refractivity contribution is 0.0313. The second-order valence-corrected chi connectivity index (χ2v) is 6.26. The molecule has 0 aromatic carbocycles. The van der Waals surface area contributed by atoms with Crippen molar-refractivity contribution < 1.29 is 9.53 Å². The fourth-order valence-electron chi connectivity index (χ4n) is 2.15. The van der Waals surface area contributed by atoms with E-state index < -0.39 is 12.1 Å². The summed E-state index contributed by atoms with van der Waals surface area (Å²) in [5, 5.41) is 0.588. The number of aryl methyl sites for hydroxylation is 2. The fraction of sp³-hybridized carbons (Fsp3) is 0.267. The van der Waals surface area contributed by atoms with Gasteiger partial charge in [0.05, 0.1) is 5.39 Å². The maximum absolute atomic E-state index is 12.2.